The molecule has 0 radical (unpaired) electrons. The van der Waals surface area contributed by atoms with E-state index in [0.717, 1.165) is 30.9 Å². The summed E-state index contributed by atoms with van der Waals surface area (Å²) in [5.74, 6) is 1.93. The first-order chi connectivity index (χ1) is 13.3. The maximum absolute atomic E-state index is 12.6. The number of nitrogens with zero attached hydrogens (tertiary/aromatic N) is 3. The largest absolute Gasteiger partial charge is 0.381 e. The van der Waals surface area contributed by atoms with Crippen molar-refractivity contribution in [3.8, 4) is 0 Å². The average molecular weight is 370 g/mol. The Morgan fingerprint density at radius 3 is 2.93 bits per heavy atom. The Hall–Kier alpha value is -2.41. The molecule has 1 aliphatic carbocycles. The molecule has 2 aliphatic rings. The Bertz CT molecular complexity index is 745. The monoisotopic (exact) mass is 370 g/mol. The van der Waals surface area contributed by atoms with Crippen LogP contribution in [0.15, 0.2) is 34.9 Å². The van der Waals surface area contributed by atoms with Crippen LogP contribution >= 0.6 is 0 Å². The molecule has 7 nitrogen and oxygen atoms in total. The summed E-state index contributed by atoms with van der Waals surface area (Å²) in [6.07, 6.45) is 5.00. The van der Waals surface area contributed by atoms with Crippen LogP contribution in [0.5, 0.6) is 0 Å². The Morgan fingerprint density at radius 1 is 1.26 bits per heavy atom. The molecule has 1 atom stereocenters. The van der Waals surface area contributed by atoms with E-state index in [4.69, 9.17) is 9.26 Å². The molecular formula is C20H26N4O3. The number of nitrogens with one attached hydrogen (secondary N) is 1. The lowest BCUT2D eigenvalue weighted by Crippen LogP contribution is -2.39. The van der Waals surface area contributed by atoms with Gasteiger partial charge < -0.3 is 19.5 Å². The highest BCUT2D eigenvalue weighted by atomic mass is 16.5. The number of ether oxygens (including phenoxy) is 1. The van der Waals surface area contributed by atoms with Gasteiger partial charge in [0.05, 0.1) is 6.61 Å². The summed E-state index contributed by atoms with van der Waals surface area (Å²) in [4.78, 5) is 18.9. The number of hydrogen-bond acceptors (Lipinski definition) is 5. The van der Waals surface area contributed by atoms with Gasteiger partial charge in [-0.15, -0.1) is 0 Å². The SMILES string of the molecule is O=C(NCc1ccccc1)N1CCCC1c1nc(CCOCC2CC2)no1. The molecule has 1 aliphatic heterocycles. The summed E-state index contributed by atoms with van der Waals surface area (Å²) in [6.45, 7) is 2.66. The van der Waals surface area contributed by atoms with Gasteiger partial charge in [0, 0.05) is 26.1 Å². The van der Waals surface area contributed by atoms with Crippen molar-refractivity contribution in [2.24, 2.45) is 5.92 Å². The highest BCUT2D eigenvalue weighted by molar-refractivity contribution is 5.74. The van der Waals surface area contributed by atoms with Crippen LogP contribution in [0.1, 0.15) is 49.0 Å². The first-order valence-electron chi connectivity index (χ1n) is 9.78. The van der Waals surface area contributed by atoms with Gasteiger partial charge in [0.2, 0.25) is 5.89 Å². The lowest BCUT2D eigenvalue weighted by atomic mass is 10.2. The van der Waals surface area contributed by atoms with Crippen molar-refractivity contribution in [1.82, 2.24) is 20.4 Å². The van der Waals surface area contributed by atoms with E-state index in [9.17, 15) is 4.79 Å². The number of carbonyl (C=O) groups is 1. The summed E-state index contributed by atoms with van der Waals surface area (Å²) in [5, 5.41) is 7.04. The van der Waals surface area contributed by atoms with Gasteiger partial charge in [-0.05, 0) is 37.2 Å². The minimum atomic E-state index is -0.144. The summed E-state index contributed by atoms with van der Waals surface area (Å²) >= 11 is 0. The van der Waals surface area contributed by atoms with Gasteiger partial charge in [0.15, 0.2) is 5.82 Å². The van der Waals surface area contributed by atoms with Crippen LogP contribution in [0.25, 0.3) is 0 Å². The van der Waals surface area contributed by atoms with Gasteiger partial charge in [-0.25, -0.2) is 4.79 Å². The van der Waals surface area contributed by atoms with Crippen molar-refractivity contribution in [3.05, 3.63) is 47.6 Å². The van der Waals surface area contributed by atoms with Gasteiger partial charge in [-0.2, -0.15) is 4.98 Å². The number of carbonyl (C=O) groups excluding carboxylic acids is 1. The molecule has 2 heterocycles. The molecule has 1 unspecified atom stereocenters. The van der Waals surface area contributed by atoms with Crippen molar-refractivity contribution in [3.63, 3.8) is 0 Å². The summed E-state index contributed by atoms with van der Waals surface area (Å²) < 4.78 is 11.1. The molecule has 7 heteroatoms. The molecule has 0 bridgehead atoms. The van der Waals surface area contributed by atoms with Crippen LogP contribution in [0, 0.1) is 5.92 Å². The molecule has 27 heavy (non-hydrogen) atoms. The molecule has 1 aromatic heterocycles. The first-order valence-corrected chi connectivity index (χ1v) is 9.78. The van der Waals surface area contributed by atoms with Crippen LogP contribution in [-0.4, -0.2) is 40.8 Å². The lowest BCUT2D eigenvalue weighted by Gasteiger charge is -2.22. The Balaban J connectivity index is 1.28. The van der Waals surface area contributed by atoms with Gasteiger partial charge in [0.1, 0.15) is 6.04 Å². The molecule has 1 saturated carbocycles. The van der Waals surface area contributed by atoms with E-state index in [1.54, 1.807) is 4.90 Å². The quantitative estimate of drug-likeness (QED) is 0.722. The smallest absolute Gasteiger partial charge is 0.318 e. The fourth-order valence-electron chi connectivity index (χ4n) is 3.34. The van der Waals surface area contributed by atoms with Crippen LogP contribution in [0.2, 0.25) is 0 Å². The molecule has 2 aromatic rings. The third-order valence-electron chi connectivity index (χ3n) is 5.09. The topological polar surface area (TPSA) is 80.5 Å². The van der Waals surface area contributed by atoms with E-state index in [2.05, 4.69) is 15.5 Å². The number of amides is 2. The first kappa shape index (κ1) is 18.0. The van der Waals surface area contributed by atoms with Gasteiger partial charge in [-0.1, -0.05) is 35.5 Å². The third-order valence-corrected chi connectivity index (χ3v) is 5.09. The molecule has 1 aromatic carbocycles. The predicted octanol–water partition coefficient (Wildman–Crippen LogP) is 3.09. The minimum Gasteiger partial charge on any atom is -0.381 e. The van der Waals surface area contributed by atoms with E-state index in [1.165, 1.54) is 12.8 Å². The van der Waals surface area contributed by atoms with Crippen LogP contribution in [-0.2, 0) is 17.7 Å². The lowest BCUT2D eigenvalue weighted by molar-refractivity contribution is 0.125. The van der Waals surface area contributed by atoms with E-state index in [-0.39, 0.29) is 12.1 Å². The van der Waals surface area contributed by atoms with E-state index in [1.807, 2.05) is 30.3 Å². The van der Waals surface area contributed by atoms with Crippen molar-refractivity contribution in [1.29, 1.82) is 0 Å². The molecule has 144 valence electrons. The van der Waals surface area contributed by atoms with Crippen molar-refractivity contribution in [2.75, 3.05) is 19.8 Å². The molecule has 2 fully saturated rings. The van der Waals surface area contributed by atoms with Gasteiger partial charge in [0.25, 0.3) is 0 Å². The van der Waals surface area contributed by atoms with Crippen molar-refractivity contribution < 1.29 is 14.1 Å². The standard InChI is InChI=1S/C20H26N4O3/c25-20(21-13-15-5-2-1-3-6-15)24-11-4-7-17(24)19-22-18(23-27-19)10-12-26-14-16-8-9-16/h1-3,5-6,16-17H,4,7-14H2,(H,21,25). The van der Waals surface area contributed by atoms with Crippen LogP contribution in [0.3, 0.4) is 0 Å². The number of rotatable bonds is 8. The van der Waals surface area contributed by atoms with Gasteiger partial charge >= 0.3 is 6.03 Å². The zero-order valence-electron chi connectivity index (χ0n) is 15.5. The number of likely N-dealkylation sites (tertiary alicyclic amines) is 1. The van der Waals surface area contributed by atoms with Crippen molar-refractivity contribution >= 4 is 6.03 Å². The molecule has 1 saturated heterocycles. The summed E-state index contributed by atoms with van der Waals surface area (Å²) in [7, 11) is 0. The summed E-state index contributed by atoms with van der Waals surface area (Å²) in [5.41, 5.74) is 1.08. The van der Waals surface area contributed by atoms with Crippen molar-refractivity contribution in [2.45, 2.75) is 44.7 Å². The zero-order valence-corrected chi connectivity index (χ0v) is 15.5. The van der Waals surface area contributed by atoms with Crippen LogP contribution < -0.4 is 5.32 Å². The number of aromatic nitrogens is 2. The Kier molecular flexibility index (Phi) is 5.67. The second-order valence-electron chi connectivity index (χ2n) is 7.31. The number of urea groups is 1. The fraction of sp³-hybridized carbons (Fsp3) is 0.550. The third kappa shape index (κ3) is 4.86. The minimum absolute atomic E-state index is 0.0890. The molecule has 0 spiro atoms. The fourth-order valence-corrected chi connectivity index (χ4v) is 3.34. The zero-order chi connectivity index (χ0) is 18.5. The molecule has 1 N–H and O–H groups in total. The molecule has 2 amide bonds. The second kappa shape index (κ2) is 8.52. The molecular weight excluding hydrogens is 344 g/mol. The maximum atomic E-state index is 12.6. The maximum Gasteiger partial charge on any atom is 0.318 e. The van der Waals surface area contributed by atoms with E-state index >= 15 is 0 Å². The Labute approximate surface area is 159 Å². The normalized spacial score (nSPS) is 19.4. The predicted molar refractivity (Wildman–Crippen MR) is 98.9 cm³/mol. The summed E-state index contributed by atoms with van der Waals surface area (Å²) in [6, 6.07) is 9.66. The van der Waals surface area contributed by atoms with Gasteiger partial charge in [-0.3, -0.25) is 0 Å². The Morgan fingerprint density at radius 2 is 2.11 bits per heavy atom. The molecule has 4 rings (SSSR count). The average Bonchev–Trinajstić information content (AvgIpc) is 3.19. The highest BCUT2D eigenvalue weighted by Crippen LogP contribution is 2.31. The highest BCUT2D eigenvalue weighted by Gasteiger charge is 2.34. The second-order valence-corrected chi connectivity index (χ2v) is 7.31. The number of hydrogen-bond donors (Lipinski definition) is 1. The van der Waals surface area contributed by atoms with E-state index < -0.39 is 0 Å². The number of benzene rings is 1. The van der Waals surface area contributed by atoms with Crippen LogP contribution in [0.4, 0.5) is 4.79 Å². The van der Waals surface area contributed by atoms with E-state index in [0.29, 0.717) is 37.8 Å².